The predicted octanol–water partition coefficient (Wildman–Crippen LogP) is 2.58. The van der Waals surface area contributed by atoms with E-state index in [-0.39, 0.29) is 11.8 Å². The molecule has 122 valence electrons. The quantitative estimate of drug-likeness (QED) is 0.804. The molecule has 1 aromatic carbocycles. The molecule has 0 bridgehead atoms. The van der Waals surface area contributed by atoms with Gasteiger partial charge in [0.25, 0.3) is 5.56 Å². The van der Waals surface area contributed by atoms with Crippen molar-refractivity contribution < 1.29 is 9.47 Å². The number of nitrogens with zero attached hydrogens (tertiary/aromatic N) is 2. The molecule has 6 heteroatoms. The third-order valence-corrected chi connectivity index (χ3v) is 4.04. The van der Waals surface area contributed by atoms with Crippen LogP contribution in [0.5, 0.6) is 0 Å². The van der Waals surface area contributed by atoms with Crippen LogP contribution in [0.3, 0.4) is 0 Å². The maximum absolute atomic E-state index is 12.3. The number of ether oxygens (including phenoxy) is 2. The van der Waals surface area contributed by atoms with Crippen molar-refractivity contribution in [2.24, 2.45) is 0 Å². The average Bonchev–Trinajstić information content (AvgIpc) is 3.26. The number of aryl methyl sites for hydroxylation is 1. The molecular weight excluding hydrogens is 306 g/mol. The third-order valence-electron chi connectivity index (χ3n) is 4.04. The molecule has 0 aliphatic carbocycles. The van der Waals surface area contributed by atoms with E-state index < -0.39 is 0 Å². The number of hydrogen-bond donors (Lipinski definition) is 1. The molecule has 4 rings (SSSR count). The Morgan fingerprint density at radius 3 is 2.75 bits per heavy atom. The number of benzene rings is 1. The molecule has 6 nitrogen and oxygen atoms in total. The second kappa shape index (κ2) is 6.07. The molecule has 2 aromatic heterocycles. The summed E-state index contributed by atoms with van der Waals surface area (Å²) in [5.41, 5.74) is 3.54. The van der Waals surface area contributed by atoms with Crippen LogP contribution in [0.1, 0.15) is 17.4 Å². The zero-order chi connectivity index (χ0) is 16.5. The van der Waals surface area contributed by atoms with E-state index in [4.69, 9.17) is 9.47 Å². The summed E-state index contributed by atoms with van der Waals surface area (Å²) in [6.07, 6.45) is 1.32. The van der Waals surface area contributed by atoms with Gasteiger partial charge < -0.3 is 9.47 Å². The van der Waals surface area contributed by atoms with E-state index in [2.05, 4.69) is 10.1 Å². The third kappa shape index (κ3) is 2.66. The summed E-state index contributed by atoms with van der Waals surface area (Å²) >= 11 is 0. The summed E-state index contributed by atoms with van der Waals surface area (Å²) in [5, 5.41) is 3.13. The fourth-order valence-corrected chi connectivity index (χ4v) is 2.82. The molecule has 0 unspecified atom stereocenters. The predicted molar refractivity (Wildman–Crippen MR) is 89.0 cm³/mol. The van der Waals surface area contributed by atoms with Crippen molar-refractivity contribution in [2.45, 2.75) is 13.2 Å². The van der Waals surface area contributed by atoms with E-state index in [1.54, 1.807) is 18.3 Å². The lowest BCUT2D eigenvalue weighted by molar-refractivity contribution is -0.0440. The number of rotatable bonds is 3. The standard InChI is InChI=1S/C18H17N3O3/c1-12-5-6-13(18-23-8-9-24-18)10-14(12)15-11-17(22)21(20-15)16-4-2-3-7-19-16/h2-7,10-11,18,20H,8-9H2,1H3. The molecule has 1 N–H and O–H groups in total. The lowest BCUT2D eigenvalue weighted by Gasteiger charge is -2.12. The molecule has 1 fully saturated rings. The molecule has 0 amide bonds. The summed E-state index contributed by atoms with van der Waals surface area (Å²) in [6, 6.07) is 13.0. The first kappa shape index (κ1) is 14.9. The van der Waals surface area contributed by atoms with Crippen LogP contribution in [0, 0.1) is 6.92 Å². The van der Waals surface area contributed by atoms with Crippen LogP contribution in [-0.2, 0) is 9.47 Å². The van der Waals surface area contributed by atoms with Crippen LogP contribution in [0.25, 0.3) is 17.1 Å². The highest BCUT2D eigenvalue weighted by molar-refractivity contribution is 5.64. The van der Waals surface area contributed by atoms with Crippen molar-refractivity contribution in [2.75, 3.05) is 13.2 Å². The van der Waals surface area contributed by atoms with Gasteiger partial charge in [0, 0.05) is 23.4 Å². The van der Waals surface area contributed by atoms with Crippen LogP contribution >= 0.6 is 0 Å². The first-order valence-corrected chi connectivity index (χ1v) is 7.80. The number of aromatic amines is 1. The molecule has 24 heavy (non-hydrogen) atoms. The number of aromatic nitrogens is 3. The monoisotopic (exact) mass is 323 g/mol. The van der Waals surface area contributed by atoms with Crippen LogP contribution in [0.4, 0.5) is 0 Å². The molecule has 0 saturated carbocycles. The smallest absolute Gasteiger partial charge is 0.273 e. The second-order valence-corrected chi connectivity index (χ2v) is 5.68. The number of hydrogen-bond acceptors (Lipinski definition) is 4. The Morgan fingerprint density at radius 2 is 2.00 bits per heavy atom. The van der Waals surface area contributed by atoms with Crippen LogP contribution in [-0.4, -0.2) is 28.0 Å². The SMILES string of the molecule is Cc1ccc(C2OCCO2)cc1-c1cc(=O)n(-c2ccccn2)[nH]1. The molecule has 0 atom stereocenters. The summed E-state index contributed by atoms with van der Waals surface area (Å²) < 4.78 is 12.6. The van der Waals surface area contributed by atoms with Gasteiger partial charge in [-0.05, 0) is 30.7 Å². The average molecular weight is 323 g/mol. The van der Waals surface area contributed by atoms with Gasteiger partial charge in [-0.1, -0.05) is 18.2 Å². The van der Waals surface area contributed by atoms with E-state index in [1.807, 2.05) is 37.3 Å². The fraction of sp³-hybridized carbons (Fsp3) is 0.222. The Morgan fingerprint density at radius 1 is 1.17 bits per heavy atom. The van der Waals surface area contributed by atoms with Crippen molar-refractivity contribution in [3.05, 3.63) is 70.1 Å². The van der Waals surface area contributed by atoms with Gasteiger partial charge in [-0.25, -0.2) is 9.67 Å². The van der Waals surface area contributed by atoms with Gasteiger partial charge >= 0.3 is 0 Å². The van der Waals surface area contributed by atoms with Crippen molar-refractivity contribution >= 4 is 0 Å². The van der Waals surface area contributed by atoms with Gasteiger partial charge in [-0.15, -0.1) is 0 Å². The van der Waals surface area contributed by atoms with Crippen molar-refractivity contribution in [3.8, 4) is 17.1 Å². The van der Waals surface area contributed by atoms with Crippen LogP contribution in [0.15, 0.2) is 53.5 Å². The number of H-pyrrole nitrogens is 1. The van der Waals surface area contributed by atoms with Crippen molar-refractivity contribution in [1.82, 2.24) is 14.8 Å². The zero-order valence-electron chi connectivity index (χ0n) is 13.2. The van der Waals surface area contributed by atoms with Gasteiger partial charge in [0.2, 0.25) is 0 Å². The number of pyridine rings is 1. The van der Waals surface area contributed by atoms with E-state index in [0.717, 1.165) is 22.4 Å². The summed E-state index contributed by atoms with van der Waals surface area (Å²) in [5.74, 6) is 0.560. The van der Waals surface area contributed by atoms with E-state index in [0.29, 0.717) is 19.0 Å². The van der Waals surface area contributed by atoms with E-state index >= 15 is 0 Å². The second-order valence-electron chi connectivity index (χ2n) is 5.68. The molecule has 0 spiro atoms. The highest BCUT2D eigenvalue weighted by atomic mass is 16.7. The van der Waals surface area contributed by atoms with Crippen LogP contribution < -0.4 is 5.56 Å². The Balaban J connectivity index is 1.76. The minimum atomic E-state index is -0.339. The first-order valence-electron chi connectivity index (χ1n) is 7.80. The Kier molecular flexibility index (Phi) is 3.76. The molecule has 1 aliphatic heterocycles. The van der Waals surface area contributed by atoms with E-state index in [9.17, 15) is 4.79 Å². The summed E-state index contributed by atoms with van der Waals surface area (Å²) in [7, 11) is 0. The van der Waals surface area contributed by atoms with Gasteiger partial charge in [-0.2, -0.15) is 0 Å². The van der Waals surface area contributed by atoms with Gasteiger partial charge in [0.05, 0.1) is 18.9 Å². The lowest BCUT2D eigenvalue weighted by atomic mass is 10.0. The fourth-order valence-electron chi connectivity index (χ4n) is 2.82. The van der Waals surface area contributed by atoms with Crippen LogP contribution in [0.2, 0.25) is 0 Å². The van der Waals surface area contributed by atoms with E-state index in [1.165, 1.54) is 4.68 Å². The minimum Gasteiger partial charge on any atom is -0.346 e. The molecular formula is C18H17N3O3. The van der Waals surface area contributed by atoms with Crippen molar-refractivity contribution in [3.63, 3.8) is 0 Å². The summed E-state index contributed by atoms with van der Waals surface area (Å²) in [4.78, 5) is 16.5. The maximum Gasteiger partial charge on any atom is 0.273 e. The Labute approximate surface area is 138 Å². The Bertz CT molecular complexity index is 909. The lowest BCUT2D eigenvalue weighted by Crippen LogP contribution is -2.14. The highest BCUT2D eigenvalue weighted by Gasteiger charge is 2.20. The molecule has 1 saturated heterocycles. The highest BCUT2D eigenvalue weighted by Crippen LogP contribution is 2.29. The summed E-state index contributed by atoms with van der Waals surface area (Å²) in [6.45, 7) is 3.20. The molecule has 3 aromatic rings. The van der Waals surface area contributed by atoms with Gasteiger partial charge in [0.1, 0.15) is 0 Å². The van der Waals surface area contributed by atoms with Crippen molar-refractivity contribution in [1.29, 1.82) is 0 Å². The molecule has 1 aliphatic rings. The van der Waals surface area contributed by atoms with Gasteiger partial charge in [-0.3, -0.25) is 9.89 Å². The molecule has 0 radical (unpaired) electrons. The molecule has 3 heterocycles. The Hall–Kier alpha value is -2.70. The topological polar surface area (TPSA) is 69.1 Å². The first-order chi connectivity index (χ1) is 11.7. The minimum absolute atomic E-state index is 0.151. The van der Waals surface area contributed by atoms with Gasteiger partial charge in [0.15, 0.2) is 12.1 Å². The largest absolute Gasteiger partial charge is 0.346 e. The zero-order valence-corrected chi connectivity index (χ0v) is 13.2. The maximum atomic E-state index is 12.3. The number of nitrogens with one attached hydrogen (secondary N) is 1. The normalized spacial score (nSPS) is 15.0.